The van der Waals surface area contributed by atoms with Gasteiger partial charge in [0.05, 0.1) is 23.6 Å². The van der Waals surface area contributed by atoms with Gasteiger partial charge in [-0.1, -0.05) is 68.4 Å². The van der Waals surface area contributed by atoms with Gasteiger partial charge in [-0.15, -0.1) is 0 Å². The first-order chi connectivity index (χ1) is 45.9. The fraction of sp³-hybridized carbons (Fsp3) is 0.652. The van der Waals surface area contributed by atoms with Crippen molar-refractivity contribution in [3.8, 4) is 0 Å². The van der Waals surface area contributed by atoms with Crippen molar-refractivity contribution >= 4 is 99.8 Å². The molecule has 2 aromatic carbocycles. The van der Waals surface area contributed by atoms with Crippen LogP contribution in [0.25, 0.3) is 0 Å². The average Bonchev–Trinajstić information content (AvgIpc) is 0.770. The highest BCUT2D eigenvalue weighted by atomic mass is 35.5. The van der Waals surface area contributed by atoms with Crippen LogP contribution in [0.3, 0.4) is 0 Å². The molecule has 2 saturated carbocycles. The highest BCUT2D eigenvalue weighted by Crippen LogP contribution is 2.38. The van der Waals surface area contributed by atoms with Crippen LogP contribution in [-0.4, -0.2) is 251 Å². The summed E-state index contributed by atoms with van der Waals surface area (Å²) in [4.78, 5) is 190. The summed E-state index contributed by atoms with van der Waals surface area (Å²) in [5.74, 6) is -9.68. The molecule has 98 heavy (non-hydrogen) atoms. The number of carbonyl (C=O) groups excluding carboxylic acids is 12. The summed E-state index contributed by atoms with van der Waals surface area (Å²) < 4.78 is 41.7. The zero-order valence-corrected chi connectivity index (χ0v) is 60.1. The molecule has 24 nitrogen and oxygen atoms in total. The summed E-state index contributed by atoms with van der Waals surface area (Å²) in [6.45, 7) is 8.77. The number of hydrogen-bond acceptors (Lipinski definition) is 12. The van der Waals surface area contributed by atoms with E-state index in [0.717, 1.165) is 44.6 Å². The van der Waals surface area contributed by atoms with Crippen molar-refractivity contribution < 1.29 is 70.7 Å². The largest absolute Gasteiger partial charge is 0.417 e. The number of aryl methyl sites for hydroxylation is 1. The summed E-state index contributed by atoms with van der Waals surface area (Å²) in [5.41, 5.74) is -2.60. The van der Waals surface area contributed by atoms with E-state index < -0.39 is 173 Å². The highest BCUT2D eigenvalue weighted by Gasteiger charge is 2.50. The van der Waals surface area contributed by atoms with Crippen molar-refractivity contribution in [3.63, 3.8) is 0 Å². The molecule has 0 spiro atoms. The molecule has 2 aromatic rings. The average molecular weight is 1410 g/mol. The molecule has 5 fully saturated rings. The molecule has 2 aliphatic carbocycles. The van der Waals surface area contributed by atoms with Gasteiger partial charge in [-0.3, -0.25) is 57.5 Å². The Hall–Kier alpha value is -7.55. The quantitative estimate of drug-likeness (QED) is 0.316. The van der Waals surface area contributed by atoms with Gasteiger partial charge in [0.2, 0.25) is 70.9 Å². The Morgan fingerprint density at radius 1 is 0.643 bits per heavy atom. The zero-order chi connectivity index (χ0) is 72.7. The molecule has 12 amide bonds. The normalized spacial score (nSPS) is 26.7. The summed E-state index contributed by atoms with van der Waals surface area (Å²) in [6, 6.07) is -1.12. The second-order valence-corrected chi connectivity index (χ2v) is 28.6. The molecule has 540 valence electrons. The van der Waals surface area contributed by atoms with Crippen LogP contribution in [0.15, 0.2) is 42.5 Å². The standard InChI is InChI=1S/C69H97Cl2F3N12O12/c1-14-40(2)56-64(95)79(9)42(4)60(91)85-34-31-51(85)62(93)81(11)57(44-21-18-22-44)65(96)77(7)38-53(87)75-50(30-28-43-27-29-48(49(71)35-43)69(72,73)74)61(92)86(47-26-20-25-46(70)36-47)39-55(89)83(13)68(5,6)67(98)82(12)58(45-23-19-24-45)66(97)80(10)52(63(94)84-32-16-15-17-33-84)37-54(88)78(8)41(3)59(90)76-56/h20,25-27,29,35-36,40-42,44-45,50-52,56-58H,14-19,21-24,28,30-34,37-39H2,1-13H3,(H,75,87)(H,76,90)/t40-,41-,42-,50-,51-,52-,56-,57-,58-/m0/s1. The molecule has 3 aliphatic heterocycles. The molecule has 9 atom stereocenters. The predicted molar refractivity (Wildman–Crippen MR) is 360 cm³/mol. The Morgan fingerprint density at radius 2 is 1.26 bits per heavy atom. The number of alkyl halides is 3. The van der Waals surface area contributed by atoms with E-state index in [4.69, 9.17) is 23.2 Å². The Labute approximate surface area is 582 Å². The second kappa shape index (κ2) is 32.6. The maximum Gasteiger partial charge on any atom is 0.417 e. The van der Waals surface area contributed by atoms with Gasteiger partial charge in [-0.2, -0.15) is 13.2 Å². The van der Waals surface area contributed by atoms with Crippen LogP contribution in [-0.2, 0) is 70.1 Å². The van der Waals surface area contributed by atoms with Crippen molar-refractivity contribution in [2.75, 3.05) is 87.0 Å². The van der Waals surface area contributed by atoms with E-state index in [9.17, 15) is 51.5 Å². The number of carbonyl (C=O) groups is 12. The lowest BCUT2D eigenvalue weighted by atomic mass is 9.78. The number of likely N-dealkylation sites (N-methyl/N-ethyl adjacent to an activating group) is 7. The molecular formula is C69H97Cl2F3N12O12. The molecule has 29 heteroatoms. The molecule has 5 aliphatic rings. The Balaban J connectivity index is 1.29. The van der Waals surface area contributed by atoms with Crippen molar-refractivity contribution in [1.29, 1.82) is 0 Å². The molecule has 0 bridgehead atoms. The topological polar surface area (TPSA) is 261 Å². The van der Waals surface area contributed by atoms with Gasteiger partial charge in [0.1, 0.15) is 60.4 Å². The van der Waals surface area contributed by atoms with E-state index in [2.05, 4.69) is 10.6 Å². The van der Waals surface area contributed by atoms with Crippen molar-refractivity contribution in [1.82, 2.24) is 54.7 Å². The minimum absolute atomic E-state index is 0.0561. The minimum Gasteiger partial charge on any atom is -0.343 e. The maximum absolute atomic E-state index is 15.5. The lowest BCUT2D eigenvalue weighted by molar-refractivity contribution is -0.161. The third kappa shape index (κ3) is 17.4. The van der Waals surface area contributed by atoms with Crippen LogP contribution in [0.2, 0.25) is 10.0 Å². The smallest absolute Gasteiger partial charge is 0.343 e. The van der Waals surface area contributed by atoms with Crippen LogP contribution in [0.5, 0.6) is 0 Å². The first-order valence-electron chi connectivity index (χ1n) is 33.9. The first kappa shape index (κ1) is 77.8. The summed E-state index contributed by atoms with van der Waals surface area (Å²) in [7, 11) is 9.70. The molecular weight excluding hydrogens is 1320 g/mol. The van der Waals surface area contributed by atoms with Crippen LogP contribution < -0.4 is 15.5 Å². The van der Waals surface area contributed by atoms with Crippen LogP contribution in [0, 0.1) is 17.8 Å². The molecule has 2 N–H and O–H groups in total. The third-order valence-electron chi connectivity index (χ3n) is 21.2. The van der Waals surface area contributed by atoms with E-state index in [0.29, 0.717) is 64.5 Å². The number of benzene rings is 2. The highest BCUT2D eigenvalue weighted by molar-refractivity contribution is 6.31. The molecule has 0 unspecified atom stereocenters. The van der Waals surface area contributed by atoms with Gasteiger partial charge in [-0.25, -0.2) is 0 Å². The molecule has 0 radical (unpaired) electrons. The number of anilines is 1. The van der Waals surface area contributed by atoms with Crippen molar-refractivity contribution in [3.05, 3.63) is 63.6 Å². The number of piperidine rings is 1. The van der Waals surface area contributed by atoms with Crippen LogP contribution in [0.4, 0.5) is 18.9 Å². The monoisotopic (exact) mass is 1410 g/mol. The minimum atomic E-state index is -4.79. The first-order valence-corrected chi connectivity index (χ1v) is 34.7. The lowest BCUT2D eigenvalue weighted by Crippen LogP contribution is -2.65. The number of halogens is 5. The molecule has 0 aromatic heterocycles. The summed E-state index contributed by atoms with van der Waals surface area (Å²) in [6.07, 6.45) is 0.507. The van der Waals surface area contributed by atoms with Gasteiger partial charge < -0.3 is 59.6 Å². The summed E-state index contributed by atoms with van der Waals surface area (Å²) in [5, 5.41) is 5.03. The zero-order valence-electron chi connectivity index (χ0n) is 58.6. The van der Waals surface area contributed by atoms with Gasteiger partial charge in [-0.05, 0) is 146 Å². The van der Waals surface area contributed by atoms with Gasteiger partial charge in [0.15, 0.2) is 0 Å². The van der Waals surface area contributed by atoms with Crippen LogP contribution in [0.1, 0.15) is 136 Å². The van der Waals surface area contributed by atoms with E-state index in [1.54, 1.807) is 11.8 Å². The van der Waals surface area contributed by atoms with Crippen molar-refractivity contribution in [2.24, 2.45) is 17.8 Å². The fourth-order valence-electron chi connectivity index (χ4n) is 13.4. The Bertz CT molecular complexity index is 3350. The number of fused-ring (bicyclic) bond motifs is 1. The number of amides is 12. The number of hydrogen-bond donors (Lipinski definition) is 2. The number of likely N-dealkylation sites (tertiary alicyclic amines) is 1. The van der Waals surface area contributed by atoms with E-state index in [1.165, 1.54) is 132 Å². The van der Waals surface area contributed by atoms with Gasteiger partial charge >= 0.3 is 6.18 Å². The number of nitrogens with one attached hydrogen (secondary N) is 2. The van der Waals surface area contributed by atoms with E-state index in [-0.39, 0.29) is 48.0 Å². The van der Waals surface area contributed by atoms with E-state index >= 15 is 19.2 Å². The SMILES string of the molecule is CC[C@H](C)[C@@H]1NC(=O)[C@H](C)N(C)C(=O)C[C@@H](C(=O)N2CCCCC2)N(C)C(=O)[C@H](C2CCC2)N(C)C(=O)C(C)(C)N(C)C(=O)CN(c2cccc(Cl)c2)C(=O)[C@H](CCc2ccc(C(F)(F)F)c(Cl)c2)NC(=O)CN(C)C(=O)[C@H](C2CCC2)N(C)C(=O)[C@@H]2CCN2C(=O)[C@H](C)N(C)C1=O. The summed E-state index contributed by atoms with van der Waals surface area (Å²) >= 11 is 12.7. The van der Waals surface area contributed by atoms with Gasteiger partial charge in [0.25, 0.3) is 0 Å². The third-order valence-corrected chi connectivity index (χ3v) is 21.8. The number of nitrogens with zero attached hydrogens (tertiary/aromatic N) is 10. The van der Waals surface area contributed by atoms with Crippen LogP contribution >= 0.6 is 23.2 Å². The second-order valence-electron chi connectivity index (χ2n) is 27.8. The molecule has 3 saturated heterocycles. The lowest BCUT2D eigenvalue weighted by Gasteiger charge is -2.46. The Kier molecular flexibility index (Phi) is 25.9. The van der Waals surface area contributed by atoms with E-state index in [1.807, 2.05) is 6.92 Å². The maximum atomic E-state index is 15.5. The number of rotatable bonds is 9. The predicted octanol–water partition coefficient (Wildman–Crippen LogP) is 5.48. The van der Waals surface area contributed by atoms with Gasteiger partial charge in [0, 0.05) is 79.7 Å². The van der Waals surface area contributed by atoms with Crippen molar-refractivity contribution in [2.45, 2.75) is 191 Å². The Morgan fingerprint density at radius 3 is 1.80 bits per heavy atom. The fourth-order valence-corrected chi connectivity index (χ4v) is 13.9. The molecule has 3 heterocycles. The molecule has 7 rings (SSSR count).